The number of carboxylic acids is 1. The van der Waals surface area contributed by atoms with Gasteiger partial charge in [-0.2, -0.15) is 0 Å². The topological polar surface area (TPSA) is 72.5 Å². The highest BCUT2D eigenvalue weighted by Gasteiger charge is 2.11. The Morgan fingerprint density at radius 1 is 1.13 bits per heavy atom. The molecule has 2 rings (SSSR count). The van der Waals surface area contributed by atoms with Gasteiger partial charge < -0.3 is 15.6 Å². The van der Waals surface area contributed by atoms with Gasteiger partial charge in [-0.05, 0) is 42.7 Å². The standard InChI is InChI=1S/C17H17Cl2NO3/c18-14-2-1-3-15(19)13(14)10-23-12-7-4-11(5-8-12)6-9-16(20)17(21)22/h1-5,7-8,16H,6,9-10,20H2,(H,21,22)/t16-/m0/s1. The predicted molar refractivity (Wildman–Crippen MR) is 91.2 cm³/mol. The smallest absolute Gasteiger partial charge is 0.320 e. The quantitative estimate of drug-likeness (QED) is 0.791. The minimum atomic E-state index is -0.985. The number of carboxylic acid groups (broad SMARTS) is 1. The molecule has 0 fully saturated rings. The third-order valence-corrected chi connectivity index (χ3v) is 4.14. The molecule has 0 unspecified atom stereocenters. The van der Waals surface area contributed by atoms with Crippen molar-refractivity contribution in [2.75, 3.05) is 0 Å². The molecule has 0 saturated heterocycles. The minimum absolute atomic E-state index is 0.280. The van der Waals surface area contributed by atoms with Crippen molar-refractivity contribution < 1.29 is 14.6 Å². The molecule has 3 N–H and O–H groups in total. The molecule has 0 spiro atoms. The van der Waals surface area contributed by atoms with Crippen LogP contribution in [0.3, 0.4) is 0 Å². The number of nitrogens with two attached hydrogens (primary N) is 1. The summed E-state index contributed by atoms with van der Waals surface area (Å²) in [7, 11) is 0. The zero-order valence-corrected chi connectivity index (χ0v) is 13.8. The molecule has 0 aromatic heterocycles. The lowest BCUT2D eigenvalue weighted by Crippen LogP contribution is -2.30. The van der Waals surface area contributed by atoms with Crippen LogP contribution in [0, 0.1) is 0 Å². The van der Waals surface area contributed by atoms with Crippen LogP contribution in [-0.2, 0) is 17.8 Å². The van der Waals surface area contributed by atoms with E-state index in [4.69, 9.17) is 38.8 Å². The Hall–Kier alpha value is -1.75. The van der Waals surface area contributed by atoms with E-state index in [0.29, 0.717) is 28.6 Å². The number of hydrogen-bond acceptors (Lipinski definition) is 3. The monoisotopic (exact) mass is 353 g/mol. The van der Waals surface area contributed by atoms with Gasteiger partial charge in [-0.15, -0.1) is 0 Å². The molecule has 4 nitrogen and oxygen atoms in total. The van der Waals surface area contributed by atoms with Crippen molar-refractivity contribution in [3.63, 3.8) is 0 Å². The van der Waals surface area contributed by atoms with Crippen molar-refractivity contribution in [1.82, 2.24) is 0 Å². The van der Waals surface area contributed by atoms with Crippen molar-refractivity contribution in [1.29, 1.82) is 0 Å². The summed E-state index contributed by atoms with van der Waals surface area (Å²) in [6.45, 7) is 0.280. The molecule has 0 aliphatic heterocycles. The molecule has 0 aliphatic carbocycles. The molecule has 2 aromatic carbocycles. The highest BCUT2D eigenvalue weighted by Crippen LogP contribution is 2.26. The van der Waals surface area contributed by atoms with Gasteiger partial charge in [0.1, 0.15) is 18.4 Å². The average Bonchev–Trinajstić information content (AvgIpc) is 2.53. The van der Waals surface area contributed by atoms with Gasteiger partial charge in [-0.25, -0.2) is 0 Å². The van der Waals surface area contributed by atoms with E-state index in [0.717, 1.165) is 11.1 Å². The lowest BCUT2D eigenvalue weighted by molar-refractivity contribution is -0.138. The first-order chi connectivity index (χ1) is 11.0. The van der Waals surface area contributed by atoms with Gasteiger partial charge in [0.05, 0.1) is 0 Å². The van der Waals surface area contributed by atoms with Crippen molar-refractivity contribution in [2.24, 2.45) is 5.73 Å². The fourth-order valence-corrected chi connectivity index (χ4v) is 2.53. The first kappa shape index (κ1) is 17.6. The molecule has 0 saturated carbocycles. The molecule has 23 heavy (non-hydrogen) atoms. The summed E-state index contributed by atoms with van der Waals surface area (Å²) in [4.78, 5) is 10.7. The summed E-state index contributed by atoms with van der Waals surface area (Å²) in [5, 5.41) is 9.89. The first-order valence-corrected chi connectivity index (χ1v) is 7.86. The Labute approximate surface area is 144 Å². The second-order valence-electron chi connectivity index (χ2n) is 5.12. The number of aryl methyl sites for hydroxylation is 1. The second kappa shape index (κ2) is 8.20. The van der Waals surface area contributed by atoms with Gasteiger partial charge in [0, 0.05) is 15.6 Å². The van der Waals surface area contributed by atoms with E-state index >= 15 is 0 Å². The largest absolute Gasteiger partial charge is 0.489 e. The average molecular weight is 354 g/mol. The summed E-state index contributed by atoms with van der Waals surface area (Å²) in [5.74, 6) is -0.297. The van der Waals surface area contributed by atoms with Crippen molar-refractivity contribution in [3.05, 3.63) is 63.6 Å². The summed E-state index contributed by atoms with van der Waals surface area (Å²) < 4.78 is 5.68. The normalized spacial score (nSPS) is 12.0. The van der Waals surface area contributed by atoms with Crippen molar-refractivity contribution in [2.45, 2.75) is 25.5 Å². The lowest BCUT2D eigenvalue weighted by atomic mass is 10.1. The molecule has 122 valence electrons. The number of hydrogen-bond donors (Lipinski definition) is 2. The minimum Gasteiger partial charge on any atom is -0.489 e. The van der Waals surface area contributed by atoms with E-state index in [1.165, 1.54) is 0 Å². The fourth-order valence-electron chi connectivity index (χ4n) is 2.02. The SMILES string of the molecule is N[C@@H](CCc1ccc(OCc2c(Cl)cccc2Cl)cc1)C(=O)O. The van der Waals surface area contributed by atoms with Crippen LogP contribution in [0.2, 0.25) is 10.0 Å². The van der Waals surface area contributed by atoms with E-state index in [1.54, 1.807) is 18.2 Å². The fraction of sp³-hybridized carbons (Fsp3) is 0.235. The Bertz CT molecular complexity index is 654. The summed E-state index contributed by atoms with van der Waals surface area (Å²) in [6, 6.07) is 11.9. The third kappa shape index (κ3) is 5.13. The molecule has 0 bridgehead atoms. The zero-order chi connectivity index (χ0) is 16.8. The van der Waals surface area contributed by atoms with Crippen LogP contribution in [0.25, 0.3) is 0 Å². The van der Waals surface area contributed by atoms with Gasteiger partial charge in [-0.3, -0.25) is 4.79 Å². The first-order valence-electron chi connectivity index (χ1n) is 7.10. The van der Waals surface area contributed by atoms with Crippen LogP contribution >= 0.6 is 23.2 Å². The van der Waals surface area contributed by atoms with Gasteiger partial charge in [-0.1, -0.05) is 41.4 Å². The maximum Gasteiger partial charge on any atom is 0.320 e. The lowest BCUT2D eigenvalue weighted by Gasteiger charge is -2.10. The van der Waals surface area contributed by atoms with E-state index in [9.17, 15) is 4.79 Å². The van der Waals surface area contributed by atoms with E-state index < -0.39 is 12.0 Å². The molecule has 0 amide bonds. The molecule has 0 aliphatic rings. The Morgan fingerprint density at radius 3 is 2.30 bits per heavy atom. The Balaban J connectivity index is 1.91. The molecular weight excluding hydrogens is 337 g/mol. The van der Waals surface area contributed by atoms with Crippen LogP contribution in [-0.4, -0.2) is 17.1 Å². The molecule has 0 heterocycles. The second-order valence-corrected chi connectivity index (χ2v) is 5.93. The summed E-state index contributed by atoms with van der Waals surface area (Å²) >= 11 is 12.2. The van der Waals surface area contributed by atoms with Crippen molar-refractivity contribution in [3.8, 4) is 5.75 Å². The number of aliphatic carboxylic acids is 1. The van der Waals surface area contributed by atoms with Crippen LogP contribution in [0.1, 0.15) is 17.5 Å². The zero-order valence-electron chi connectivity index (χ0n) is 12.3. The van der Waals surface area contributed by atoms with Crippen LogP contribution < -0.4 is 10.5 Å². The predicted octanol–water partition coefficient (Wildman–Crippen LogP) is 3.92. The van der Waals surface area contributed by atoms with Gasteiger partial charge in [0.25, 0.3) is 0 Å². The number of ether oxygens (including phenoxy) is 1. The van der Waals surface area contributed by atoms with E-state index in [2.05, 4.69) is 0 Å². The summed E-state index contributed by atoms with van der Waals surface area (Å²) in [6.07, 6.45) is 0.995. The number of carbonyl (C=O) groups is 1. The Morgan fingerprint density at radius 2 is 1.74 bits per heavy atom. The number of rotatable bonds is 7. The van der Waals surface area contributed by atoms with Gasteiger partial charge in [0.2, 0.25) is 0 Å². The maximum atomic E-state index is 10.7. The summed E-state index contributed by atoms with van der Waals surface area (Å²) in [5.41, 5.74) is 7.23. The molecule has 0 radical (unpaired) electrons. The van der Waals surface area contributed by atoms with E-state index in [-0.39, 0.29) is 6.61 Å². The van der Waals surface area contributed by atoms with Crippen LogP contribution in [0.15, 0.2) is 42.5 Å². The number of halogens is 2. The van der Waals surface area contributed by atoms with Gasteiger partial charge in [0.15, 0.2) is 0 Å². The highest BCUT2D eigenvalue weighted by molar-refractivity contribution is 6.35. The van der Waals surface area contributed by atoms with Gasteiger partial charge >= 0.3 is 5.97 Å². The van der Waals surface area contributed by atoms with Crippen LogP contribution in [0.4, 0.5) is 0 Å². The maximum absolute atomic E-state index is 10.7. The highest BCUT2D eigenvalue weighted by atomic mass is 35.5. The van der Waals surface area contributed by atoms with Crippen molar-refractivity contribution >= 4 is 29.2 Å². The molecular formula is C17H17Cl2NO3. The number of benzene rings is 2. The third-order valence-electron chi connectivity index (χ3n) is 3.43. The van der Waals surface area contributed by atoms with E-state index in [1.807, 2.05) is 24.3 Å². The molecule has 6 heteroatoms. The van der Waals surface area contributed by atoms with Crippen LogP contribution in [0.5, 0.6) is 5.75 Å². The molecule has 1 atom stereocenters. The molecule has 2 aromatic rings. The Kier molecular flexibility index (Phi) is 6.28.